The largest absolute Gasteiger partial charge is 0.396 e. The summed E-state index contributed by atoms with van der Waals surface area (Å²) in [5.41, 5.74) is 7.64. The highest BCUT2D eigenvalue weighted by atomic mass is 16.2. The Hall–Kier alpha value is -1.78. The van der Waals surface area contributed by atoms with Crippen LogP contribution in [0, 0.1) is 12.8 Å². The van der Waals surface area contributed by atoms with E-state index in [0.29, 0.717) is 5.69 Å². The van der Waals surface area contributed by atoms with E-state index in [1.165, 1.54) is 0 Å². The summed E-state index contributed by atoms with van der Waals surface area (Å²) in [6.07, 6.45) is 0. The molecule has 5 nitrogen and oxygen atoms in total. The van der Waals surface area contributed by atoms with Crippen molar-refractivity contribution in [3.8, 4) is 0 Å². The highest BCUT2D eigenvalue weighted by Crippen LogP contribution is 2.22. The Kier molecular flexibility index (Phi) is 3.93. The van der Waals surface area contributed by atoms with Crippen molar-refractivity contribution in [1.29, 1.82) is 0 Å². The van der Waals surface area contributed by atoms with Crippen LogP contribution in [0.5, 0.6) is 0 Å². The molecule has 104 valence electrons. The number of carbonyl (C=O) groups is 1. The van der Waals surface area contributed by atoms with Gasteiger partial charge in [-0.3, -0.25) is 4.79 Å². The molecule has 0 unspecified atom stereocenters. The monoisotopic (exact) mass is 262 g/mol. The lowest BCUT2D eigenvalue weighted by molar-refractivity contribution is -0.134. The first-order valence-electron chi connectivity index (χ1n) is 6.76. The molecule has 1 saturated heterocycles. The van der Waals surface area contributed by atoms with Gasteiger partial charge in [0.1, 0.15) is 0 Å². The molecule has 1 aromatic rings. The summed E-state index contributed by atoms with van der Waals surface area (Å²) in [7, 11) is 0. The van der Waals surface area contributed by atoms with Gasteiger partial charge in [-0.1, -0.05) is 13.8 Å². The SMILES string of the molecule is Cc1ccc(N)c(N2CCN(C(=O)C(C)C)CC2)n1. The van der Waals surface area contributed by atoms with Gasteiger partial charge in [-0.2, -0.15) is 0 Å². The van der Waals surface area contributed by atoms with Crippen LogP contribution in [0.25, 0.3) is 0 Å². The van der Waals surface area contributed by atoms with E-state index >= 15 is 0 Å². The van der Waals surface area contributed by atoms with Crippen LogP contribution in [-0.4, -0.2) is 42.0 Å². The lowest BCUT2D eigenvalue weighted by Gasteiger charge is -2.36. The van der Waals surface area contributed by atoms with E-state index in [1.807, 2.05) is 37.8 Å². The molecule has 1 fully saturated rings. The van der Waals surface area contributed by atoms with Crippen molar-refractivity contribution < 1.29 is 4.79 Å². The molecule has 0 radical (unpaired) electrons. The molecule has 1 aromatic heterocycles. The van der Waals surface area contributed by atoms with Crippen molar-refractivity contribution in [3.63, 3.8) is 0 Å². The maximum Gasteiger partial charge on any atom is 0.225 e. The van der Waals surface area contributed by atoms with E-state index in [0.717, 1.165) is 37.7 Å². The Labute approximate surface area is 114 Å². The molecular weight excluding hydrogens is 240 g/mol. The van der Waals surface area contributed by atoms with Gasteiger partial charge in [0.15, 0.2) is 5.82 Å². The second kappa shape index (κ2) is 5.47. The summed E-state index contributed by atoms with van der Waals surface area (Å²) in [6, 6.07) is 3.81. The number of amides is 1. The van der Waals surface area contributed by atoms with Crippen molar-refractivity contribution >= 4 is 17.4 Å². The average molecular weight is 262 g/mol. The topological polar surface area (TPSA) is 62.5 Å². The van der Waals surface area contributed by atoms with Gasteiger partial charge in [0.25, 0.3) is 0 Å². The van der Waals surface area contributed by atoms with Crippen molar-refractivity contribution in [2.45, 2.75) is 20.8 Å². The Balaban J connectivity index is 2.04. The summed E-state index contributed by atoms with van der Waals surface area (Å²) in [4.78, 5) is 20.5. The summed E-state index contributed by atoms with van der Waals surface area (Å²) < 4.78 is 0. The number of anilines is 2. The number of aromatic nitrogens is 1. The molecule has 0 aromatic carbocycles. The molecule has 0 aliphatic carbocycles. The fourth-order valence-electron chi connectivity index (χ4n) is 2.31. The minimum absolute atomic E-state index is 0.0636. The molecule has 0 saturated carbocycles. The van der Waals surface area contributed by atoms with E-state index < -0.39 is 0 Å². The normalized spacial score (nSPS) is 16.0. The molecule has 0 atom stereocenters. The Bertz CT molecular complexity index is 465. The van der Waals surface area contributed by atoms with Crippen molar-refractivity contribution in [2.75, 3.05) is 36.8 Å². The third kappa shape index (κ3) is 2.97. The first-order chi connectivity index (χ1) is 8.99. The number of carbonyl (C=O) groups excluding carboxylic acids is 1. The molecule has 0 spiro atoms. The summed E-state index contributed by atoms with van der Waals surface area (Å²) in [5, 5.41) is 0. The highest BCUT2D eigenvalue weighted by Gasteiger charge is 2.24. The minimum Gasteiger partial charge on any atom is -0.396 e. The number of rotatable bonds is 2. The maximum atomic E-state index is 11.9. The van der Waals surface area contributed by atoms with Crippen LogP contribution < -0.4 is 10.6 Å². The molecule has 1 aliphatic rings. The molecule has 19 heavy (non-hydrogen) atoms. The van der Waals surface area contributed by atoms with Crippen molar-refractivity contribution in [1.82, 2.24) is 9.88 Å². The number of aryl methyl sites for hydroxylation is 1. The summed E-state index contributed by atoms with van der Waals surface area (Å²) in [6.45, 7) is 8.90. The number of pyridine rings is 1. The van der Waals surface area contributed by atoms with E-state index in [9.17, 15) is 4.79 Å². The smallest absolute Gasteiger partial charge is 0.225 e. The molecule has 2 rings (SSSR count). The zero-order chi connectivity index (χ0) is 14.0. The van der Waals surface area contributed by atoms with Crippen LogP contribution in [0.15, 0.2) is 12.1 Å². The van der Waals surface area contributed by atoms with Gasteiger partial charge >= 0.3 is 0 Å². The number of hydrogen-bond donors (Lipinski definition) is 1. The third-order valence-electron chi connectivity index (χ3n) is 3.43. The predicted molar refractivity (Wildman–Crippen MR) is 77.0 cm³/mol. The Morgan fingerprint density at radius 1 is 1.26 bits per heavy atom. The van der Waals surface area contributed by atoms with Crippen LogP contribution in [-0.2, 0) is 4.79 Å². The van der Waals surface area contributed by atoms with Crippen LogP contribution in [0.1, 0.15) is 19.5 Å². The van der Waals surface area contributed by atoms with Crippen LogP contribution >= 0.6 is 0 Å². The van der Waals surface area contributed by atoms with E-state index in [4.69, 9.17) is 5.73 Å². The number of nitrogens with two attached hydrogens (primary N) is 1. The lowest BCUT2D eigenvalue weighted by Crippen LogP contribution is -2.50. The van der Waals surface area contributed by atoms with Crippen LogP contribution in [0.3, 0.4) is 0 Å². The first-order valence-corrected chi connectivity index (χ1v) is 6.76. The zero-order valence-corrected chi connectivity index (χ0v) is 11.9. The fraction of sp³-hybridized carbons (Fsp3) is 0.571. The molecule has 2 N–H and O–H groups in total. The third-order valence-corrected chi connectivity index (χ3v) is 3.43. The number of piperazine rings is 1. The van der Waals surface area contributed by atoms with Crippen LogP contribution in [0.4, 0.5) is 11.5 Å². The van der Waals surface area contributed by atoms with Crippen LogP contribution in [0.2, 0.25) is 0 Å². The van der Waals surface area contributed by atoms with Gasteiger partial charge in [0.05, 0.1) is 5.69 Å². The molecule has 1 amide bonds. The molecule has 5 heteroatoms. The van der Waals surface area contributed by atoms with E-state index in [1.54, 1.807) is 0 Å². The van der Waals surface area contributed by atoms with Gasteiger partial charge < -0.3 is 15.5 Å². The van der Waals surface area contributed by atoms with E-state index in [-0.39, 0.29) is 11.8 Å². The van der Waals surface area contributed by atoms with Gasteiger partial charge in [-0.15, -0.1) is 0 Å². The standard InChI is InChI=1S/C14H22N4O/c1-10(2)14(19)18-8-6-17(7-9-18)13-12(15)5-4-11(3)16-13/h4-5,10H,6-9,15H2,1-3H3. The Morgan fingerprint density at radius 2 is 1.89 bits per heavy atom. The first kappa shape index (κ1) is 13.6. The minimum atomic E-state index is 0.0636. The second-order valence-corrected chi connectivity index (χ2v) is 5.33. The second-order valence-electron chi connectivity index (χ2n) is 5.33. The Morgan fingerprint density at radius 3 is 2.47 bits per heavy atom. The fourth-order valence-corrected chi connectivity index (χ4v) is 2.31. The maximum absolute atomic E-state index is 11.9. The highest BCUT2D eigenvalue weighted by molar-refractivity contribution is 5.78. The molecule has 1 aliphatic heterocycles. The molecular formula is C14H22N4O. The summed E-state index contributed by atoms with van der Waals surface area (Å²) in [5.74, 6) is 1.13. The van der Waals surface area contributed by atoms with Gasteiger partial charge in [-0.05, 0) is 19.1 Å². The molecule has 2 heterocycles. The quantitative estimate of drug-likeness (QED) is 0.872. The number of nitrogen functional groups attached to an aromatic ring is 1. The van der Waals surface area contributed by atoms with Crippen molar-refractivity contribution in [2.24, 2.45) is 5.92 Å². The number of hydrogen-bond acceptors (Lipinski definition) is 4. The summed E-state index contributed by atoms with van der Waals surface area (Å²) >= 11 is 0. The van der Waals surface area contributed by atoms with Gasteiger partial charge in [-0.25, -0.2) is 4.98 Å². The van der Waals surface area contributed by atoms with E-state index in [2.05, 4.69) is 9.88 Å². The molecule has 0 bridgehead atoms. The van der Waals surface area contributed by atoms with Crippen molar-refractivity contribution in [3.05, 3.63) is 17.8 Å². The zero-order valence-electron chi connectivity index (χ0n) is 11.9. The number of nitrogens with zero attached hydrogens (tertiary/aromatic N) is 3. The van der Waals surface area contributed by atoms with Gasteiger partial charge in [0, 0.05) is 37.8 Å². The predicted octanol–water partition coefficient (Wildman–Crippen LogP) is 1.28. The van der Waals surface area contributed by atoms with Gasteiger partial charge in [0.2, 0.25) is 5.91 Å². The average Bonchev–Trinajstić information content (AvgIpc) is 2.41. The lowest BCUT2D eigenvalue weighted by atomic mass is 10.1.